The number of carbonyl (C=O) groups excluding carboxylic acids is 2. The highest BCUT2D eigenvalue weighted by Gasteiger charge is 2.52. The molecule has 0 radical (unpaired) electrons. The maximum Gasteiger partial charge on any atom is 0.495 e. The van der Waals surface area contributed by atoms with Gasteiger partial charge in [-0.3, -0.25) is 15.0 Å². The van der Waals surface area contributed by atoms with E-state index in [-0.39, 0.29) is 17.4 Å². The van der Waals surface area contributed by atoms with Gasteiger partial charge in [0.15, 0.2) is 6.29 Å². The molecule has 2 aromatic carbocycles. The molecule has 1 heterocycles. The van der Waals surface area contributed by atoms with E-state index >= 15 is 0 Å². The summed E-state index contributed by atoms with van der Waals surface area (Å²) in [6.45, 7) is 20.0. The summed E-state index contributed by atoms with van der Waals surface area (Å²) in [7, 11) is 2.36. The second-order valence-corrected chi connectivity index (χ2v) is 13.0. The van der Waals surface area contributed by atoms with Crippen LogP contribution in [0.1, 0.15) is 106 Å². The second kappa shape index (κ2) is 12.3. The molecule has 2 amide bonds. The monoisotopic (exact) mass is 566 g/mol. The molecule has 1 aliphatic heterocycles. The van der Waals surface area contributed by atoms with Gasteiger partial charge in [0, 0.05) is 30.9 Å². The summed E-state index contributed by atoms with van der Waals surface area (Å²) in [5, 5.41) is 1.49. The molecule has 0 unspecified atom stereocenters. The van der Waals surface area contributed by atoms with E-state index in [0.29, 0.717) is 28.6 Å². The molecule has 0 spiro atoms. The van der Waals surface area contributed by atoms with Crippen molar-refractivity contribution in [2.24, 2.45) is 5.41 Å². The lowest BCUT2D eigenvalue weighted by Crippen LogP contribution is -2.56. The molecule has 2 aromatic rings. The van der Waals surface area contributed by atoms with Gasteiger partial charge in [0.25, 0.3) is 11.8 Å². The van der Waals surface area contributed by atoms with Crippen molar-refractivity contribution in [3.63, 3.8) is 0 Å². The predicted octanol–water partition coefficient (Wildman–Crippen LogP) is 5.51. The lowest BCUT2D eigenvalue weighted by molar-refractivity contribution is -0.105. The van der Waals surface area contributed by atoms with Crippen molar-refractivity contribution in [2.75, 3.05) is 14.2 Å². The van der Waals surface area contributed by atoms with Crippen LogP contribution in [0.4, 0.5) is 0 Å². The Morgan fingerprint density at radius 2 is 1.46 bits per heavy atom. The van der Waals surface area contributed by atoms with Gasteiger partial charge in [-0.1, -0.05) is 51.0 Å². The number of ether oxygens (including phenoxy) is 2. The number of nitrogens with one attached hydrogen (secondary N) is 1. The van der Waals surface area contributed by atoms with E-state index in [1.165, 1.54) is 5.01 Å². The molecule has 224 valence electrons. The van der Waals surface area contributed by atoms with Crippen molar-refractivity contribution < 1.29 is 28.4 Å². The Hall–Kier alpha value is -2.72. The molecule has 8 nitrogen and oxygen atoms in total. The van der Waals surface area contributed by atoms with Crippen molar-refractivity contribution in [2.45, 2.75) is 99.2 Å². The second-order valence-electron chi connectivity index (χ2n) is 13.0. The molecule has 3 rings (SSSR count). The summed E-state index contributed by atoms with van der Waals surface area (Å²) >= 11 is 0. The predicted molar refractivity (Wildman–Crippen MR) is 162 cm³/mol. The number of amides is 2. The molecular formula is C32H47BN2O6. The third kappa shape index (κ3) is 7.03. The Labute approximate surface area is 246 Å². The first-order valence-corrected chi connectivity index (χ1v) is 14.2. The molecule has 1 aliphatic rings. The Kier molecular flexibility index (Phi) is 9.80. The van der Waals surface area contributed by atoms with Crippen molar-refractivity contribution in [1.29, 1.82) is 0 Å². The number of benzene rings is 2. The van der Waals surface area contributed by atoms with Gasteiger partial charge >= 0.3 is 7.12 Å². The Morgan fingerprint density at radius 3 is 1.93 bits per heavy atom. The molecule has 1 atom stereocenters. The minimum absolute atomic E-state index is 0.256. The van der Waals surface area contributed by atoms with Gasteiger partial charge in [0.1, 0.15) is 0 Å². The van der Waals surface area contributed by atoms with Crippen LogP contribution < -0.4 is 10.9 Å². The number of hydrazine groups is 1. The lowest BCUT2D eigenvalue weighted by atomic mass is 9.75. The highest BCUT2D eigenvalue weighted by atomic mass is 16.7. The van der Waals surface area contributed by atoms with E-state index in [9.17, 15) is 9.59 Å². The molecule has 1 N–H and O–H groups in total. The summed E-state index contributed by atoms with van der Waals surface area (Å²) in [5.74, 6) is -0.672. The van der Waals surface area contributed by atoms with Crippen LogP contribution >= 0.6 is 0 Å². The van der Waals surface area contributed by atoms with Gasteiger partial charge in [-0.25, -0.2) is 5.01 Å². The smallest absolute Gasteiger partial charge is 0.399 e. The van der Waals surface area contributed by atoms with Gasteiger partial charge in [0.2, 0.25) is 0 Å². The third-order valence-corrected chi connectivity index (χ3v) is 8.15. The molecule has 1 fully saturated rings. The highest BCUT2D eigenvalue weighted by molar-refractivity contribution is 6.62. The van der Waals surface area contributed by atoms with E-state index in [2.05, 4.69) is 26.2 Å². The number of nitrogens with zero attached hydrogens (tertiary/aromatic N) is 1. The zero-order chi connectivity index (χ0) is 30.9. The normalized spacial score (nSPS) is 17.0. The summed E-state index contributed by atoms with van der Waals surface area (Å²) in [6.07, 6.45) is -0.0314. The van der Waals surface area contributed by atoms with E-state index < -0.39 is 30.5 Å². The Bertz CT molecular complexity index is 1230. The molecule has 1 saturated heterocycles. The van der Waals surface area contributed by atoms with Crippen LogP contribution in [-0.2, 0) is 18.8 Å². The first kappa shape index (κ1) is 32.8. The van der Waals surface area contributed by atoms with Crippen molar-refractivity contribution in [1.82, 2.24) is 10.4 Å². The van der Waals surface area contributed by atoms with Crippen LogP contribution in [0.15, 0.2) is 36.4 Å². The van der Waals surface area contributed by atoms with Crippen molar-refractivity contribution in [3.8, 4) is 0 Å². The average Bonchev–Trinajstić information content (AvgIpc) is 3.09. The molecule has 0 aromatic heterocycles. The Morgan fingerprint density at radius 1 is 0.927 bits per heavy atom. The van der Waals surface area contributed by atoms with E-state index in [1.54, 1.807) is 32.4 Å². The van der Waals surface area contributed by atoms with Crippen LogP contribution in [0, 0.1) is 19.3 Å². The fourth-order valence-corrected chi connectivity index (χ4v) is 5.32. The third-order valence-electron chi connectivity index (χ3n) is 8.15. The first-order valence-electron chi connectivity index (χ1n) is 14.2. The molecule has 9 heteroatoms. The quantitative estimate of drug-likeness (QED) is 0.258. The summed E-state index contributed by atoms with van der Waals surface area (Å²) < 4.78 is 23.8. The summed E-state index contributed by atoms with van der Waals surface area (Å²) in [4.78, 5) is 27.8. The molecule has 0 saturated carbocycles. The minimum Gasteiger partial charge on any atom is -0.399 e. The number of methoxy groups -OCH3 is 2. The fraction of sp³-hybridized carbons (Fsp3) is 0.562. The summed E-state index contributed by atoms with van der Waals surface area (Å²) in [5.41, 5.74) is 5.66. The minimum atomic E-state index is -0.749. The van der Waals surface area contributed by atoms with E-state index in [1.807, 2.05) is 66.7 Å². The Balaban J connectivity index is 2.06. The number of carbonyl (C=O) groups is 2. The number of hydrogen-bond donors (Lipinski definition) is 1. The lowest BCUT2D eigenvalue weighted by Gasteiger charge is -2.39. The SMILES string of the molecule is CC[C@@H](N(NC(=O)c1ccc(C(OC)OC)c(B2OC(C)(C)C(C)(C)O2)c1)C(=O)c1cc(C)cc(C)c1)C(C)(C)C. The molecule has 0 bridgehead atoms. The van der Waals surface area contributed by atoms with Gasteiger partial charge in [-0.15, -0.1) is 0 Å². The molecule has 41 heavy (non-hydrogen) atoms. The zero-order valence-corrected chi connectivity index (χ0v) is 26.8. The largest absolute Gasteiger partial charge is 0.495 e. The average molecular weight is 567 g/mol. The molecular weight excluding hydrogens is 519 g/mol. The number of hydrogen-bond acceptors (Lipinski definition) is 6. The van der Waals surface area contributed by atoms with E-state index in [0.717, 1.165) is 11.1 Å². The zero-order valence-electron chi connectivity index (χ0n) is 26.8. The van der Waals surface area contributed by atoms with Crippen molar-refractivity contribution in [3.05, 3.63) is 64.2 Å². The standard InChI is InChI=1S/C32H47BN2O6/c1-13-26(30(4,5)6)35(28(37)23-17-20(2)16-21(3)18-23)34-27(36)22-14-15-24(29(38-11)39-12)25(19-22)33-40-31(7,8)32(9,10)41-33/h14-19,26,29H,13H2,1-12H3,(H,34,36)/t26-/m1/s1. The van der Waals surface area contributed by atoms with Crippen LogP contribution in [0.2, 0.25) is 0 Å². The van der Waals surface area contributed by atoms with E-state index in [4.69, 9.17) is 18.8 Å². The van der Waals surface area contributed by atoms with Gasteiger partial charge in [0.05, 0.1) is 17.2 Å². The van der Waals surface area contributed by atoms with Crippen LogP contribution in [-0.4, -0.2) is 55.4 Å². The van der Waals surface area contributed by atoms with Crippen molar-refractivity contribution >= 4 is 24.4 Å². The van der Waals surface area contributed by atoms with Gasteiger partial charge in [-0.05, 0) is 83.1 Å². The number of rotatable bonds is 8. The van der Waals surface area contributed by atoms with Crippen LogP contribution in [0.3, 0.4) is 0 Å². The maximum atomic E-state index is 13.9. The first-order chi connectivity index (χ1) is 19.0. The number of aryl methyl sites for hydroxylation is 2. The van der Waals surface area contributed by atoms with Crippen LogP contribution in [0.25, 0.3) is 0 Å². The maximum absolute atomic E-state index is 13.9. The topological polar surface area (TPSA) is 86.3 Å². The highest BCUT2D eigenvalue weighted by Crippen LogP contribution is 2.37. The van der Waals surface area contributed by atoms with Gasteiger partial charge < -0.3 is 18.8 Å². The van der Waals surface area contributed by atoms with Crippen LogP contribution in [0.5, 0.6) is 0 Å². The molecule has 0 aliphatic carbocycles. The summed E-state index contributed by atoms with van der Waals surface area (Å²) in [6, 6.07) is 10.7. The fourth-order valence-electron chi connectivity index (χ4n) is 5.32. The van der Waals surface area contributed by atoms with Gasteiger partial charge in [-0.2, -0.15) is 0 Å².